The molecule has 2 aromatic heterocycles. The number of hydrogen-bond acceptors (Lipinski definition) is 4. The molecular formula is C19H19N3OS. The van der Waals surface area contributed by atoms with Crippen LogP contribution in [0.1, 0.15) is 36.8 Å². The van der Waals surface area contributed by atoms with Crippen LogP contribution in [0.25, 0.3) is 0 Å². The summed E-state index contributed by atoms with van der Waals surface area (Å²) in [6.07, 6.45) is 6.46. The third kappa shape index (κ3) is 3.57. The second-order valence-corrected chi connectivity index (χ2v) is 6.89. The van der Waals surface area contributed by atoms with E-state index in [9.17, 15) is 4.79 Å². The summed E-state index contributed by atoms with van der Waals surface area (Å²) >= 11 is 1.74. The molecule has 4 nitrogen and oxygen atoms in total. The van der Waals surface area contributed by atoms with Crippen LogP contribution >= 0.6 is 11.8 Å². The van der Waals surface area contributed by atoms with Gasteiger partial charge in [-0.05, 0) is 29.7 Å². The number of nitrogens with zero attached hydrogens (tertiary/aromatic N) is 3. The van der Waals surface area contributed by atoms with Gasteiger partial charge in [-0.15, -0.1) is 0 Å². The van der Waals surface area contributed by atoms with Gasteiger partial charge in [0.2, 0.25) is 6.41 Å². The summed E-state index contributed by atoms with van der Waals surface area (Å²) in [4.78, 5) is 22.4. The van der Waals surface area contributed by atoms with Gasteiger partial charge in [0.25, 0.3) is 0 Å². The van der Waals surface area contributed by atoms with Gasteiger partial charge in [-0.1, -0.05) is 43.8 Å². The van der Waals surface area contributed by atoms with Crippen molar-refractivity contribution in [3.8, 4) is 0 Å². The Balaban J connectivity index is 1.97. The van der Waals surface area contributed by atoms with E-state index in [0.717, 1.165) is 12.1 Å². The topological polar surface area (TPSA) is 47.8 Å². The molecule has 0 spiro atoms. The Hall–Kier alpha value is -2.40. The molecule has 2 heterocycles. The van der Waals surface area contributed by atoms with E-state index in [2.05, 4.69) is 42.0 Å². The first-order valence-electron chi connectivity index (χ1n) is 7.86. The summed E-state index contributed by atoms with van der Waals surface area (Å²) < 4.78 is 1.50. The summed E-state index contributed by atoms with van der Waals surface area (Å²) in [6.45, 7) is 4.34. The zero-order valence-corrected chi connectivity index (χ0v) is 14.5. The SMILES string of the molecule is CC(C)c1c(Sc2ccccc2)ccnc1Cc1nccn1C=O. The third-order valence-corrected chi connectivity index (χ3v) is 4.85. The monoisotopic (exact) mass is 337 g/mol. The molecule has 1 aromatic carbocycles. The second kappa shape index (κ2) is 7.45. The maximum atomic E-state index is 11.1. The highest BCUT2D eigenvalue weighted by Crippen LogP contribution is 2.35. The Morgan fingerprint density at radius 2 is 1.92 bits per heavy atom. The van der Waals surface area contributed by atoms with Gasteiger partial charge in [0.05, 0.1) is 5.69 Å². The average molecular weight is 337 g/mol. The van der Waals surface area contributed by atoms with Gasteiger partial charge in [0, 0.05) is 34.8 Å². The fourth-order valence-electron chi connectivity index (χ4n) is 2.69. The Kier molecular flexibility index (Phi) is 5.11. The van der Waals surface area contributed by atoms with E-state index in [1.807, 2.05) is 24.4 Å². The van der Waals surface area contributed by atoms with Crippen molar-refractivity contribution in [1.29, 1.82) is 0 Å². The lowest BCUT2D eigenvalue weighted by Crippen LogP contribution is -2.07. The molecule has 0 saturated heterocycles. The van der Waals surface area contributed by atoms with Gasteiger partial charge in [-0.2, -0.15) is 0 Å². The molecule has 0 unspecified atom stereocenters. The van der Waals surface area contributed by atoms with E-state index in [0.29, 0.717) is 18.2 Å². The highest BCUT2D eigenvalue weighted by Gasteiger charge is 2.16. The Morgan fingerprint density at radius 1 is 1.12 bits per heavy atom. The van der Waals surface area contributed by atoms with Crippen LogP contribution in [0.5, 0.6) is 0 Å². The maximum absolute atomic E-state index is 11.1. The number of pyridine rings is 1. The minimum atomic E-state index is 0.333. The molecule has 5 heteroatoms. The zero-order valence-electron chi connectivity index (χ0n) is 13.7. The first-order chi connectivity index (χ1) is 11.7. The highest BCUT2D eigenvalue weighted by atomic mass is 32.2. The second-order valence-electron chi connectivity index (χ2n) is 5.77. The Bertz CT molecular complexity index is 828. The van der Waals surface area contributed by atoms with Crippen molar-refractivity contribution >= 4 is 18.2 Å². The molecule has 0 radical (unpaired) electrons. The molecule has 0 N–H and O–H groups in total. The van der Waals surface area contributed by atoms with Crippen LogP contribution in [-0.2, 0) is 11.2 Å². The lowest BCUT2D eigenvalue weighted by molar-refractivity contribution is 0.545. The lowest BCUT2D eigenvalue weighted by atomic mass is 9.99. The molecule has 3 rings (SSSR count). The standard InChI is InChI=1S/C19H19N3OS/c1-14(2)19-16(12-18-21-10-11-22(18)13-23)20-9-8-17(19)24-15-6-4-3-5-7-15/h3-11,13-14H,12H2,1-2H3. The van der Waals surface area contributed by atoms with E-state index >= 15 is 0 Å². The highest BCUT2D eigenvalue weighted by molar-refractivity contribution is 7.99. The van der Waals surface area contributed by atoms with Crippen molar-refractivity contribution in [2.45, 2.75) is 36.0 Å². The summed E-state index contributed by atoms with van der Waals surface area (Å²) in [5, 5.41) is 0. The van der Waals surface area contributed by atoms with E-state index < -0.39 is 0 Å². The fourth-order valence-corrected chi connectivity index (χ4v) is 3.83. The van der Waals surface area contributed by atoms with E-state index in [-0.39, 0.29) is 0 Å². The fraction of sp³-hybridized carbons (Fsp3) is 0.211. The molecule has 0 aliphatic rings. The molecule has 0 aliphatic heterocycles. The quantitative estimate of drug-likeness (QED) is 0.633. The van der Waals surface area contributed by atoms with Crippen LogP contribution < -0.4 is 0 Å². The van der Waals surface area contributed by atoms with Crippen LogP contribution in [0.2, 0.25) is 0 Å². The van der Waals surface area contributed by atoms with E-state index in [4.69, 9.17) is 0 Å². The van der Waals surface area contributed by atoms with Gasteiger partial charge in [0.15, 0.2) is 0 Å². The smallest absolute Gasteiger partial charge is 0.219 e. The third-order valence-electron chi connectivity index (χ3n) is 3.77. The van der Waals surface area contributed by atoms with E-state index in [1.165, 1.54) is 19.9 Å². The zero-order chi connectivity index (χ0) is 16.9. The molecule has 0 fully saturated rings. The maximum Gasteiger partial charge on any atom is 0.219 e. The van der Waals surface area contributed by atoms with Gasteiger partial charge < -0.3 is 0 Å². The van der Waals surface area contributed by atoms with Crippen molar-refractivity contribution in [3.63, 3.8) is 0 Å². The predicted octanol–water partition coefficient (Wildman–Crippen LogP) is 4.18. The number of hydrogen-bond donors (Lipinski definition) is 0. The molecule has 0 aliphatic carbocycles. The van der Waals surface area contributed by atoms with Gasteiger partial charge in [-0.25, -0.2) is 4.98 Å². The number of aromatic nitrogens is 3. The predicted molar refractivity (Wildman–Crippen MR) is 96.1 cm³/mol. The van der Waals surface area contributed by atoms with Crippen molar-refractivity contribution in [2.75, 3.05) is 0 Å². The number of carbonyl (C=O) groups is 1. The molecule has 24 heavy (non-hydrogen) atoms. The summed E-state index contributed by atoms with van der Waals surface area (Å²) in [5.74, 6) is 1.04. The van der Waals surface area contributed by atoms with Gasteiger partial charge >= 0.3 is 0 Å². The van der Waals surface area contributed by atoms with Gasteiger partial charge in [0.1, 0.15) is 5.82 Å². The molecule has 3 aromatic rings. The summed E-state index contributed by atoms with van der Waals surface area (Å²) in [7, 11) is 0. The number of carbonyl (C=O) groups excluding carboxylic acids is 1. The number of imidazole rings is 1. The van der Waals surface area contributed by atoms with Crippen molar-refractivity contribution in [2.24, 2.45) is 0 Å². The van der Waals surface area contributed by atoms with Crippen LogP contribution in [0.15, 0.2) is 64.8 Å². The Morgan fingerprint density at radius 3 is 2.62 bits per heavy atom. The first-order valence-corrected chi connectivity index (χ1v) is 8.68. The Labute approximate surface area is 146 Å². The van der Waals surface area contributed by atoms with Crippen LogP contribution in [0.4, 0.5) is 0 Å². The van der Waals surface area contributed by atoms with Crippen LogP contribution in [0.3, 0.4) is 0 Å². The lowest BCUT2D eigenvalue weighted by Gasteiger charge is -2.16. The normalized spacial score (nSPS) is 11.0. The molecule has 0 bridgehead atoms. The van der Waals surface area contributed by atoms with Crippen molar-refractivity contribution < 1.29 is 4.79 Å². The molecular weight excluding hydrogens is 318 g/mol. The van der Waals surface area contributed by atoms with Gasteiger partial charge in [-0.3, -0.25) is 14.3 Å². The van der Waals surface area contributed by atoms with Crippen LogP contribution in [0, 0.1) is 0 Å². The minimum absolute atomic E-state index is 0.333. The average Bonchev–Trinajstić information content (AvgIpc) is 3.03. The summed E-state index contributed by atoms with van der Waals surface area (Å²) in [5.41, 5.74) is 2.19. The minimum Gasteiger partial charge on any atom is -0.278 e. The molecule has 0 atom stereocenters. The van der Waals surface area contributed by atoms with E-state index in [1.54, 1.807) is 24.2 Å². The molecule has 0 amide bonds. The van der Waals surface area contributed by atoms with Crippen molar-refractivity contribution in [1.82, 2.24) is 14.5 Å². The molecule has 122 valence electrons. The number of rotatable bonds is 6. The number of benzene rings is 1. The van der Waals surface area contributed by atoms with Crippen LogP contribution in [-0.4, -0.2) is 20.9 Å². The summed E-state index contributed by atoms with van der Waals surface area (Å²) in [6, 6.07) is 12.4. The first kappa shape index (κ1) is 16.5. The molecule has 0 saturated carbocycles. The van der Waals surface area contributed by atoms with Crippen molar-refractivity contribution in [3.05, 3.63) is 72.1 Å². The largest absolute Gasteiger partial charge is 0.278 e.